The molecule has 1 amide bonds. The fourth-order valence-corrected chi connectivity index (χ4v) is 2.74. The second kappa shape index (κ2) is 6.02. The van der Waals surface area contributed by atoms with Gasteiger partial charge in [-0.3, -0.25) is 0 Å². The number of hydrogen-bond acceptors (Lipinski definition) is 3. The third-order valence-corrected chi connectivity index (χ3v) is 3.75. The van der Waals surface area contributed by atoms with Crippen LogP contribution in [0.3, 0.4) is 0 Å². The lowest BCUT2D eigenvalue weighted by Crippen LogP contribution is -2.45. The zero-order valence-electron chi connectivity index (χ0n) is 11.0. The quantitative estimate of drug-likeness (QED) is 0.890. The molecule has 1 aliphatic heterocycles. The van der Waals surface area contributed by atoms with E-state index < -0.39 is 0 Å². The minimum Gasteiger partial charge on any atom is -0.453 e. The number of piperidine rings is 1. The van der Waals surface area contributed by atoms with Crippen LogP contribution < -0.4 is 5.73 Å². The van der Waals surface area contributed by atoms with Gasteiger partial charge in [0.2, 0.25) is 0 Å². The Morgan fingerprint density at radius 1 is 1.58 bits per heavy atom. The van der Waals surface area contributed by atoms with Crippen molar-refractivity contribution in [3.05, 3.63) is 35.6 Å². The monoisotopic (exact) mass is 266 g/mol. The lowest BCUT2D eigenvalue weighted by Gasteiger charge is -2.37. The smallest absolute Gasteiger partial charge is 0.409 e. The predicted octanol–water partition coefficient (Wildman–Crippen LogP) is 1.96. The van der Waals surface area contributed by atoms with Gasteiger partial charge < -0.3 is 15.4 Å². The molecule has 4 nitrogen and oxygen atoms in total. The minimum atomic E-state index is -0.323. The molecule has 2 rings (SSSR count). The summed E-state index contributed by atoms with van der Waals surface area (Å²) in [5, 5.41) is 0. The van der Waals surface area contributed by atoms with Crippen molar-refractivity contribution in [1.82, 2.24) is 4.90 Å². The van der Waals surface area contributed by atoms with E-state index in [1.54, 1.807) is 17.0 Å². The maximum Gasteiger partial charge on any atom is 0.409 e. The predicted molar refractivity (Wildman–Crippen MR) is 70.3 cm³/mol. The van der Waals surface area contributed by atoms with Crippen LogP contribution >= 0.6 is 0 Å². The van der Waals surface area contributed by atoms with E-state index in [0.717, 1.165) is 12.0 Å². The highest BCUT2D eigenvalue weighted by Crippen LogP contribution is 2.32. The molecule has 0 aliphatic carbocycles. The molecule has 1 aromatic rings. The molecule has 0 radical (unpaired) electrons. The highest BCUT2D eigenvalue weighted by molar-refractivity contribution is 5.67. The Kier molecular flexibility index (Phi) is 4.37. The van der Waals surface area contributed by atoms with Gasteiger partial charge in [0, 0.05) is 13.1 Å². The van der Waals surface area contributed by atoms with Gasteiger partial charge in [0.1, 0.15) is 5.82 Å². The second-order valence-electron chi connectivity index (χ2n) is 4.86. The summed E-state index contributed by atoms with van der Waals surface area (Å²) in [6.07, 6.45) is 0.455. The highest BCUT2D eigenvalue weighted by Gasteiger charge is 2.32. The van der Waals surface area contributed by atoms with E-state index in [1.807, 2.05) is 6.07 Å². The minimum absolute atomic E-state index is 0.134. The topological polar surface area (TPSA) is 55.6 Å². The van der Waals surface area contributed by atoms with E-state index in [2.05, 4.69) is 0 Å². The number of nitrogens with zero attached hydrogens (tertiary/aromatic N) is 1. The molecule has 0 aromatic heterocycles. The molecule has 0 spiro atoms. The van der Waals surface area contributed by atoms with Crippen LogP contribution in [0.2, 0.25) is 0 Å². The average molecular weight is 266 g/mol. The van der Waals surface area contributed by atoms with Crippen molar-refractivity contribution in [3.63, 3.8) is 0 Å². The van der Waals surface area contributed by atoms with Gasteiger partial charge in [0.05, 0.1) is 7.11 Å². The molecular formula is C14H19FN2O2. The molecule has 1 heterocycles. The number of rotatable bonds is 2. The first-order chi connectivity index (χ1) is 9.15. The maximum absolute atomic E-state index is 13.3. The molecule has 0 bridgehead atoms. The maximum atomic E-state index is 13.3. The Balaban J connectivity index is 2.13. The molecule has 19 heavy (non-hydrogen) atoms. The van der Waals surface area contributed by atoms with Crippen LogP contribution in [0.4, 0.5) is 9.18 Å². The van der Waals surface area contributed by atoms with Crippen LogP contribution in [0.5, 0.6) is 0 Å². The first-order valence-corrected chi connectivity index (χ1v) is 6.44. The molecule has 1 saturated heterocycles. The Bertz CT molecular complexity index is 453. The summed E-state index contributed by atoms with van der Waals surface area (Å²) >= 11 is 0. The molecule has 104 valence electrons. The van der Waals surface area contributed by atoms with Crippen molar-refractivity contribution in [2.45, 2.75) is 12.3 Å². The van der Waals surface area contributed by atoms with Gasteiger partial charge >= 0.3 is 6.09 Å². The molecule has 5 heteroatoms. The summed E-state index contributed by atoms with van der Waals surface area (Å²) in [6.45, 7) is 1.64. The number of hydrogen-bond donors (Lipinski definition) is 1. The number of methoxy groups -OCH3 is 1. The fourth-order valence-electron chi connectivity index (χ4n) is 2.74. The first-order valence-electron chi connectivity index (χ1n) is 6.44. The molecule has 1 aromatic carbocycles. The van der Waals surface area contributed by atoms with E-state index in [-0.39, 0.29) is 23.7 Å². The summed E-state index contributed by atoms with van der Waals surface area (Å²) in [6, 6.07) is 6.63. The van der Waals surface area contributed by atoms with Crippen LogP contribution in [0.15, 0.2) is 24.3 Å². The third kappa shape index (κ3) is 3.04. The number of carbonyl (C=O) groups excluding carboxylic acids is 1. The van der Waals surface area contributed by atoms with Gasteiger partial charge in [-0.1, -0.05) is 12.1 Å². The highest BCUT2D eigenvalue weighted by atomic mass is 19.1. The van der Waals surface area contributed by atoms with Crippen LogP contribution in [0.25, 0.3) is 0 Å². The normalized spacial score (nSPS) is 23.2. The van der Waals surface area contributed by atoms with Crippen LogP contribution in [0.1, 0.15) is 17.9 Å². The van der Waals surface area contributed by atoms with E-state index in [0.29, 0.717) is 19.6 Å². The van der Waals surface area contributed by atoms with E-state index in [1.165, 1.54) is 13.2 Å². The van der Waals surface area contributed by atoms with Crippen molar-refractivity contribution < 1.29 is 13.9 Å². The largest absolute Gasteiger partial charge is 0.453 e. The zero-order valence-corrected chi connectivity index (χ0v) is 11.0. The lowest BCUT2D eigenvalue weighted by molar-refractivity contribution is 0.0970. The van der Waals surface area contributed by atoms with Crippen LogP contribution in [0, 0.1) is 11.7 Å². The van der Waals surface area contributed by atoms with E-state index >= 15 is 0 Å². The van der Waals surface area contributed by atoms with Crippen molar-refractivity contribution in [2.24, 2.45) is 11.7 Å². The van der Waals surface area contributed by atoms with Gasteiger partial charge in [0.25, 0.3) is 0 Å². The van der Waals surface area contributed by atoms with Crippen LogP contribution in [-0.2, 0) is 4.74 Å². The molecule has 1 aliphatic rings. The van der Waals surface area contributed by atoms with E-state index in [9.17, 15) is 9.18 Å². The number of benzene rings is 1. The second-order valence-corrected chi connectivity index (χ2v) is 4.86. The Hall–Kier alpha value is -1.62. The molecule has 0 saturated carbocycles. The number of carbonyl (C=O) groups is 1. The molecule has 2 atom stereocenters. The summed E-state index contributed by atoms with van der Waals surface area (Å²) in [5.74, 6) is 0.0972. The first kappa shape index (κ1) is 13.8. The molecular weight excluding hydrogens is 247 g/mol. The van der Waals surface area contributed by atoms with E-state index in [4.69, 9.17) is 10.5 Å². The fraction of sp³-hybridized carbons (Fsp3) is 0.500. The summed E-state index contributed by atoms with van der Waals surface area (Å²) in [7, 11) is 1.37. The number of ether oxygens (including phenoxy) is 1. The third-order valence-electron chi connectivity index (χ3n) is 3.75. The van der Waals surface area contributed by atoms with Gasteiger partial charge in [-0.25, -0.2) is 9.18 Å². The number of likely N-dealkylation sites (tertiary alicyclic amines) is 1. The lowest BCUT2D eigenvalue weighted by atomic mass is 9.80. The number of nitrogens with two attached hydrogens (primary N) is 1. The SMILES string of the molecule is COC(=O)N1CCC(c2cccc(F)c2)C(CN)C1. The summed E-state index contributed by atoms with van der Waals surface area (Å²) in [5.41, 5.74) is 6.76. The molecule has 2 unspecified atom stereocenters. The summed E-state index contributed by atoms with van der Waals surface area (Å²) in [4.78, 5) is 13.2. The van der Waals surface area contributed by atoms with Gasteiger partial charge in [-0.15, -0.1) is 0 Å². The van der Waals surface area contributed by atoms with Gasteiger partial charge in [0.15, 0.2) is 0 Å². The standard InChI is InChI=1S/C14H19FN2O2/c1-19-14(18)17-6-5-13(11(8-16)9-17)10-3-2-4-12(15)7-10/h2-4,7,11,13H,5-6,8-9,16H2,1H3. The number of amides is 1. The zero-order chi connectivity index (χ0) is 13.8. The molecule has 1 fully saturated rings. The Morgan fingerprint density at radius 3 is 3.00 bits per heavy atom. The van der Waals surface area contributed by atoms with Crippen molar-refractivity contribution in [2.75, 3.05) is 26.7 Å². The van der Waals surface area contributed by atoms with Crippen molar-refractivity contribution in [3.8, 4) is 0 Å². The Morgan fingerprint density at radius 2 is 2.37 bits per heavy atom. The molecule has 2 N–H and O–H groups in total. The summed E-state index contributed by atoms with van der Waals surface area (Å²) < 4.78 is 18.0. The van der Waals surface area contributed by atoms with Gasteiger partial charge in [-0.2, -0.15) is 0 Å². The van der Waals surface area contributed by atoms with Crippen LogP contribution in [-0.4, -0.2) is 37.7 Å². The average Bonchev–Trinajstić information content (AvgIpc) is 2.45. The van der Waals surface area contributed by atoms with Crippen molar-refractivity contribution in [1.29, 1.82) is 0 Å². The van der Waals surface area contributed by atoms with Gasteiger partial charge in [-0.05, 0) is 42.5 Å². The number of halogens is 1. The van der Waals surface area contributed by atoms with Crippen molar-refractivity contribution >= 4 is 6.09 Å². The Labute approximate surface area is 112 Å².